The van der Waals surface area contributed by atoms with E-state index in [1.165, 1.54) is 13.1 Å². The van der Waals surface area contributed by atoms with E-state index < -0.39 is 22.3 Å². The Bertz CT molecular complexity index is 1610. The largest absolute Gasteiger partial charge is 0.352 e. The second kappa shape index (κ2) is 9.10. The van der Waals surface area contributed by atoms with Crippen LogP contribution in [0.3, 0.4) is 0 Å². The molecule has 0 aliphatic heterocycles. The Labute approximate surface area is 211 Å². The summed E-state index contributed by atoms with van der Waals surface area (Å²) in [4.78, 5) is 23.0. The molecule has 1 fully saturated rings. The third-order valence-corrected chi connectivity index (χ3v) is 7.15. The van der Waals surface area contributed by atoms with Crippen LogP contribution in [0.2, 0.25) is 0 Å². The molecule has 0 spiro atoms. The maximum absolute atomic E-state index is 13.4. The van der Waals surface area contributed by atoms with Crippen LogP contribution in [-0.4, -0.2) is 52.4 Å². The van der Waals surface area contributed by atoms with Gasteiger partial charge < -0.3 is 15.6 Å². The average molecular weight is 531 g/mol. The first-order valence-electron chi connectivity index (χ1n) is 11.4. The summed E-state index contributed by atoms with van der Waals surface area (Å²) in [5.74, 6) is -0.744. The van der Waals surface area contributed by atoms with E-state index in [9.17, 15) is 22.0 Å². The van der Waals surface area contributed by atoms with E-state index in [2.05, 4.69) is 30.7 Å². The fraction of sp³-hybridized carbons (Fsp3) is 0.304. The van der Waals surface area contributed by atoms with Crippen LogP contribution < -0.4 is 14.9 Å². The van der Waals surface area contributed by atoms with E-state index in [0.717, 1.165) is 29.1 Å². The lowest BCUT2D eigenvalue weighted by atomic mass is 10.2. The third-order valence-electron chi connectivity index (χ3n) is 5.96. The van der Waals surface area contributed by atoms with E-state index in [-0.39, 0.29) is 40.2 Å². The zero-order chi connectivity index (χ0) is 26.5. The fourth-order valence-corrected chi connectivity index (χ4v) is 4.27. The molecular weight excluding hydrogens is 506 g/mol. The number of imidazole rings is 1. The molecule has 0 saturated heterocycles. The summed E-state index contributed by atoms with van der Waals surface area (Å²) in [7, 11) is -2.26. The van der Waals surface area contributed by atoms with Crippen molar-refractivity contribution in [3.8, 4) is 5.69 Å². The quantitative estimate of drug-likeness (QED) is 0.314. The maximum atomic E-state index is 13.4. The van der Waals surface area contributed by atoms with Gasteiger partial charge in [0.25, 0.3) is 6.43 Å². The number of halogens is 2. The lowest BCUT2D eigenvalue weighted by Crippen LogP contribution is -2.25. The summed E-state index contributed by atoms with van der Waals surface area (Å²) in [5.41, 5.74) is 2.49. The van der Waals surface area contributed by atoms with Gasteiger partial charge in [-0.05, 0) is 44.0 Å². The zero-order valence-electron chi connectivity index (χ0n) is 20.2. The lowest BCUT2D eigenvalue weighted by Gasteiger charge is -2.22. The van der Waals surface area contributed by atoms with E-state index in [1.54, 1.807) is 29.1 Å². The summed E-state index contributed by atoms with van der Waals surface area (Å²) in [5, 5.41) is 10.2. The fourth-order valence-electron chi connectivity index (χ4n) is 3.76. The van der Waals surface area contributed by atoms with E-state index >= 15 is 0 Å². The first-order chi connectivity index (χ1) is 17.5. The summed E-state index contributed by atoms with van der Waals surface area (Å²) >= 11 is 0. The van der Waals surface area contributed by atoms with Crippen molar-refractivity contribution in [3.05, 3.63) is 48.0 Å². The van der Waals surface area contributed by atoms with Gasteiger partial charge in [-0.25, -0.2) is 31.8 Å². The maximum Gasteiger partial charge on any atom is 0.295 e. The standard InChI is InChI=1S/C23H24F2N8O3S/c1-12-8-9-33(31-12)14-6-7-15(17(10-14)32(2)37(3,35)36)26-16-11-18(28-23(34)13-4-5-13)27-21-19(16)29-22(30-21)20(24)25/h6-11,13,20H,4-5H2,1-3H3,(H3,26,27,28,29,30,34). The minimum atomic E-state index is -3.67. The minimum Gasteiger partial charge on any atom is -0.352 e. The number of carbonyl (C=O) groups is 1. The molecule has 3 N–H and O–H groups in total. The summed E-state index contributed by atoms with van der Waals surface area (Å²) in [6.45, 7) is 1.84. The number of alkyl halides is 2. The number of amides is 1. The third kappa shape index (κ3) is 5.09. The molecule has 1 amide bonds. The van der Waals surface area contributed by atoms with Crippen LogP contribution in [0.15, 0.2) is 36.5 Å². The molecule has 3 aromatic heterocycles. The number of rotatable bonds is 8. The zero-order valence-corrected chi connectivity index (χ0v) is 21.0. The second-order valence-corrected chi connectivity index (χ2v) is 10.9. The molecule has 0 atom stereocenters. The number of anilines is 4. The molecule has 0 unspecified atom stereocenters. The SMILES string of the molecule is Cc1ccn(-c2ccc(Nc3cc(NC(=O)C4CC4)nc4nc(C(F)F)[nH]c34)c(N(C)S(C)(=O)=O)c2)n1. The number of H-pyrrole nitrogens is 1. The van der Waals surface area contributed by atoms with Crippen LogP contribution in [0.5, 0.6) is 0 Å². The van der Waals surface area contributed by atoms with Crippen LogP contribution in [0.1, 0.15) is 30.8 Å². The number of aromatic amines is 1. The van der Waals surface area contributed by atoms with Crippen molar-refractivity contribution in [1.82, 2.24) is 24.7 Å². The highest BCUT2D eigenvalue weighted by atomic mass is 32.2. The smallest absolute Gasteiger partial charge is 0.295 e. The number of hydrogen-bond acceptors (Lipinski definition) is 7. The predicted octanol–water partition coefficient (Wildman–Crippen LogP) is 3.88. The molecule has 3 heterocycles. The van der Waals surface area contributed by atoms with E-state index in [1.807, 2.05) is 13.0 Å². The molecule has 37 heavy (non-hydrogen) atoms. The van der Waals surface area contributed by atoms with Gasteiger partial charge in [-0.15, -0.1) is 0 Å². The number of aromatic nitrogens is 5. The van der Waals surface area contributed by atoms with Crippen LogP contribution in [-0.2, 0) is 14.8 Å². The van der Waals surface area contributed by atoms with Gasteiger partial charge in [-0.2, -0.15) is 5.10 Å². The van der Waals surface area contributed by atoms with Gasteiger partial charge >= 0.3 is 0 Å². The molecule has 14 heteroatoms. The van der Waals surface area contributed by atoms with Crippen LogP contribution in [0, 0.1) is 12.8 Å². The van der Waals surface area contributed by atoms with Gasteiger partial charge in [0, 0.05) is 25.2 Å². The number of hydrogen-bond donors (Lipinski definition) is 3. The average Bonchev–Trinajstić information content (AvgIpc) is 3.45. The molecule has 194 valence electrons. The molecule has 4 aromatic rings. The van der Waals surface area contributed by atoms with Crippen LogP contribution in [0.25, 0.3) is 16.9 Å². The molecule has 0 bridgehead atoms. The number of nitrogens with zero attached hydrogens (tertiary/aromatic N) is 5. The number of fused-ring (bicyclic) bond motifs is 1. The number of benzene rings is 1. The topological polar surface area (TPSA) is 138 Å². The number of sulfonamides is 1. The number of aryl methyl sites for hydroxylation is 1. The van der Waals surface area contributed by atoms with Gasteiger partial charge in [0.15, 0.2) is 11.5 Å². The molecule has 11 nitrogen and oxygen atoms in total. The van der Waals surface area contributed by atoms with Crippen molar-refractivity contribution in [1.29, 1.82) is 0 Å². The van der Waals surface area contributed by atoms with E-state index in [4.69, 9.17) is 0 Å². The van der Waals surface area contributed by atoms with Gasteiger partial charge in [-0.1, -0.05) is 0 Å². The van der Waals surface area contributed by atoms with Gasteiger partial charge in [-0.3, -0.25) is 9.10 Å². The van der Waals surface area contributed by atoms with Crippen molar-refractivity contribution >= 4 is 50.0 Å². The number of carbonyl (C=O) groups excluding carboxylic acids is 1. The van der Waals surface area contributed by atoms with Crippen molar-refractivity contribution in [2.45, 2.75) is 26.2 Å². The van der Waals surface area contributed by atoms with Gasteiger partial charge in [0.1, 0.15) is 11.3 Å². The Balaban J connectivity index is 1.61. The van der Waals surface area contributed by atoms with Crippen molar-refractivity contribution in [3.63, 3.8) is 0 Å². The van der Waals surface area contributed by atoms with Crippen molar-refractivity contribution in [2.75, 3.05) is 28.2 Å². The highest BCUT2D eigenvalue weighted by Gasteiger charge is 2.30. The number of pyridine rings is 1. The summed E-state index contributed by atoms with van der Waals surface area (Å²) in [6.07, 6.45) is 1.51. The Morgan fingerprint density at radius 1 is 1.19 bits per heavy atom. The molecule has 1 aliphatic carbocycles. The van der Waals surface area contributed by atoms with Gasteiger partial charge in [0.05, 0.1) is 34.7 Å². The lowest BCUT2D eigenvalue weighted by molar-refractivity contribution is -0.117. The monoisotopic (exact) mass is 530 g/mol. The number of nitrogens with one attached hydrogen (secondary N) is 3. The molecule has 0 radical (unpaired) electrons. The Morgan fingerprint density at radius 3 is 2.57 bits per heavy atom. The van der Waals surface area contributed by atoms with Crippen molar-refractivity contribution in [2.24, 2.45) is 5.92 Å². The second-order valence-electron chi connectivity index (χ2n) is 8.90. The highest BCUT2D eigenvalue weighted by Crippen LogP contribution is 2.36. The summed E-state index contributed by atoms with van der Waals surface area (Å²) in [6, 6.07) is 8.34. The van der Waals surface area contributed by atoms with E-state index in [0.29, 0.717) is 11.4 Å². The molecule has 1 aromatic carbocycles. The minimum absolute atomic E-state index is 0.0203. The molecular formula is C23H24F2N8O3S. The van der Waals surface area contributed by atoms with Crippen LogP contribution >= 0.6 is 0 Å². The highest BCUT2D eigenvalue weighted by molar-refractivity contribution is 7.92. The molecule has 1 aliphatic rings. The summed E-state index contributed by atoms with van der Waals surface area (Å²) < 4.78 is 54.4. The van der Waals surface area contributed by atoms with Crippen molar-refractivity contribution < 1.29 is 22.0 Å². The Kier molecular flexibility index (Phi) is 6.06. The van der Waals surface area contributed by atoms with Crippen LogP contribution in [0.4, 0.5) is 31.7 Å². The first-order valence-corrected chi connectivity index (χ1v) is 13.2. The van der Waals surface area contributed by atoms with Gasteiger partial charge in [0.2, 0.25) is 15.9 Å². The first kappa shape index (κ1) is 24.6. The molecule has 5 rings (SSSR count). The molecule has 1 saturated carbocycles. The Hall–Kier alpha value is -4.07. The normalized spacial score (nSPS) is 13.8. The Morgan fingerprint density at radius 2 is 1.95 bits per heavy atom. The predicted molar refractivity (Wildman–Crippen MR) is 135 cm³/mol.